The van der Waals surface area contributed by atoms with Crippen molar-refractivity contribution in [3.8, 4) is 33.4 Å². The zero-order valence-electron chi connectivity index (χ0n) is 26.3. The molecule has 48 heavy (non-hydrogen) atoms. The normalized spacial score (nSPS) is 11.3. The van der Waals surface area contributed by atoms with Crippen LogP contribution in [0.3, 0.4) is 0 Å². The molecule has 0 amide bonds. The Labute approximate surface area is 279 Å². The number of hydrogen-bond acceptors (Lipinski definition) is 2. The fraction of sp³-hybridized carbons (Fsp3) is 0. The summed E-state index contributed by atoms with van der Waals surface area (Å²) in [6.45, 7) is 0. The van der Waals surface area contributed by atoms with Crippen LogP contribution in [0.25, 0.3) is 66.1 Å². The highest BCUT2D eigenvalue weighted by atomic mass is 16.3. The summed E-state index contributed by atoms with van der Waals surface area (Å²) in [6, 6.07) is 66.7. The molecule has 0 fully saturated rings. The summed E-state index contributed by atoms with van der Waals surface area (Å²) in [7, 11) is 0. The van der Waals surface area contributed by atoms with E-state index in [1.807, 2.05) is 0 Å². The first kappa shape index (κ1) is 27.9. The fourth-order valence-electron chi connectivity index (χ4n) is 6.98. The second kappa shape index (κ2) is 11.8. The third-order valence-electron chi connectivity index (χ3n) is 9.26. The zero-order chi connectivity index (χ0) is 31.9. The molecule has 0 N–H and O–H groups in total. The number of nitrogens with zero attached hydrogens (tertiary/aromatic N) is 1. The first-order chi connectivity index (χ1) is 23.8. The third kappa shape index (κ3) is 4.83. The highest BCUT2D eigenvalue weighted by molar-refractivity contribution is 6.21. The van der Waals surface area contributed by atoms with Crippen molar-refractivity contribution in [3.05, 3.63) is 188 Å². The van der Waals surface area contributed by atoms with Crippen LogP contribution in [0.5, 0.6) is 0 Å². The Hall–Kier alpha value is -6.38. The van der Waals surface area contributed by atoms with Gasteiger partial charge in [-0.2, -0.15) is 0 Å². The molecule has 1 aromatic heterocycles. The van der Waals surface area contributed by atoms with Gasteiger partial charge in [0, 0.05) is 22.3 Å². The van der Waals surface area contributed by atoms with Gasteiger partial charge in [-0.1, -0.05) is 146 Å². The van der Waals surface area contributed by atoms with Crippen LogP contribution in [0.2, 0.25) is 0 Å². The molecule has 0 saturated carbocycles. The number of anilines is 3. The molecule has 2 heteroatoms. The molecule has 0 aliphatic carbocycles. The van der Waals surface area contributed by atoms with Gasteiger partial charge in [0.05, 0.1) is 11.1 Å². The van der Waals surface area contributed by atoms with Gasteiger partial charge < -0.3 is 9.32 Å². The predicted octanol–water partition coefficient (Wildman–Crippen LogP) is 13.2. The van der Waals surface area contributed by atoms with Crippen LogP contribution in [0.1, 0.15) is 0 Å². The van der Waals surface area contributed by atoms with Crippen molar-refractivity contribution in [3.63, 3.8) is 0 Å². The van der Waals surface area contributed by atoms with Gasteiger partial charge in [0.25, 0.3) is 0 Å². The summed E-state index contributed by atoms with van der Waals surface area (Å²) < 4.78 is 6.87. The molecular formula is C46H31NO. The Morgan fingerprint density at radius 3 is 1.56 bits per heavy atom. The van der Waals surface area contributed by atoms with E-state index in [2.05, 4.69) is 193 Å². The van der Waals surface area contributed by atoms with Gasteiger partial charge in [0.2, 0.25) is 0 Å². The van der Waals surface area contributed by atoms with Gasteiger partial charge in [0.1, 0.15) is 11.2 Å². The first-order valence-electron chi connectivity index (χ1n) is 16.4. The van der Waals surface area contributed by atoms with E-state index in [4.69, 9.17) is 4.42 Å². The molecule has 0 bridgehead atoms. The summed E-state index contributed by atoms with van der Waals surface area (Å²) in [4.78, 5) is 2.34. The standard InChI is InChI=1S/C46H31NO/c1-4-13-32(14-5-1)34-23-25-36(26-24-34)44-40-20-11-10-17-37(40)31-41-45-42(21-12-22-43(45)48-46(41)44)47(38-18-8-3-9-19-38)39-29-27-35(28-30-39)33-15-6-2-7-16-33/h1-31H. The quantitative estimate of drug-likeness (QED) is 0.185. The first-order valence-corrected chi connectivity index (χ1v) is 16.4. The molecule has 0 radical (unpaired) electrons. The summed E-state index contributed by atoms with van der Waals surface area (Å²) in [5.74, 6) is 0. The molecular weight excluding hydrogens is 583 g/mol. The fourth-order valence-corrected chi connectivity index (χ4v) is 6.98. The molecule has 0 aliphatic heterocycles. The van der Waals surface area contributed by atoms with Gasteiger partial charge in [-0.15, -0.1) is 0 Å². The molecule has 0 atom stereocenters. The number of para-hydroxylation sites is 1. The Balaban J connectivity index is 1.26. The molecule has 226 valence electrons. The zero-order valence-corrected chi connectivity index (χ0v) is 26.3. The molecule has 1 heterocycles. The van der Waals surface area contributed by atoms with Crippen LogP contribution in [0, 0.1) is 0 Å². The lowest BCUT2D eigenvalue weighted by Gasteiger charge is -2.26. The molecule has 0 saturated heterocycles. The Morgan fingerprint density at radius 2 is 0.896 bits per heavy atom. The molecule has 2 nitrogen and oxygen atoms in total. The van der Waals surface area contributed by atoms with E-state index in [1.54, 1.807) is 0 Å². The second-order valence-corrected chi connectivity index (χ2v) is 12.1. The Kier molecular flexibility index (Phi) is 6.84. The lowest BCUT2D eigenvalue weighted by molar-refractivity contribution is 0.670. The van der Waals surface area contributed by atoms with Gasteiger partial charge in [-0.3, -0.25) is 0 Å². The van der Waals surface area contributed by atoms with Crippen molar-refractivity contribution in [2.45, 2.75) is 0 Å². The molecule has 9 rings (SSSR count). The van der Waals surface area contributed by atoms with Gasteiger partial charge in [-0.05, 0) is 81.1 Å². The predicted molar refractivity (Wildman–Crippen MR) is 202 cm³/mol. The monoisotopic (exact) mass is 613 g/mol. The number of furan rings is 1. The molecule has 0 unspecified atom stereocenters. The highest BCUT2D eigenvalue weighted by Gasteiger charge is 2.22. The Morgan fingerprint density at radius 1 is 0.375 bits per heavy atom. The van der Waals surface area contributed by atoms with E-state index in [0.717, 1.165) is 50.1 Å². The van der Waals surface area contributed by atoms with Gasteiger partial charge in [-0.25, -0.2) is 0 Å². The van der Waals surface area contributed by atoms with Crippen molar-refractivity contribution in [1.29, 1.82) is 0 Å². The van der Waals surface area contributed by atoms with Crippen LogP contribution in [-0.2, 0) is 0 Å². The molecule has 0 spiro atoms. The van der Waals surface area contributed by atoms with E-state index in [9.17, 15) is 0 Å². The van der Waals surface area contributed by atoms with E-state index in [0.29, 0.717) is 0 Å². The topological polar surface area (TPSA) is 16.4 Å². The maximum Gasteiger partial charge on any atom is 0.143 e. The molecule has 0 aliphatic rings. The summed E-state index contributed by atoms with van der Waals surface area (Å²) in [6.07, 6.45) is 0. The van der Waals surface area contributed by atoms with Crippen molar-refractivity contribution in [2.75, 3.05) is 4.90 Å². The third-order valence-corrected chi connectivity index (χ3v) is 9.26. The van der Waals surface area contributed by atoms with E-state index >= 15 is 0 Å². The van der Waals surface area contributed by atoms with Crippen LogP contribution in [0.4, 0.5) is 17.1 Å². The maximum absolute atomic E-state index is 6.87. The summed E-state index contributed by atoms with van der Waals surface area (Å²) in [5.41, 5.74) is 12.0. The number of fused-ring (bicyclic) bond motifs is 4. The highest BCUT2D eigenvalue weighted by Crippen LogP contribution is 2.47. The minimum absolute atomic E-state index is 0.863. The maximum atomic E-state index is 6.87. The average molecular weight is 614 g/mol. The summed E-state index contributed by atoms with van der Waals surface area (Å²) >= 11 is 0. The molecule has 9 aromatic rings. The number of benzene rings is 8. The second-order valence-electron chi connectivity index (χ2n) is 12.1. The van der Waals surface area contributed by atoms with Gasteiger partial charge in [0.15, 0.2) is 0 Å². The average Bonchev–Trinajstić information content (AvgIpc) is 3.54. The van der Waals surface area contributed by atoms with E-state index in [-0.39, 0.29) is 0 Å². The largest absolute Gasteiger partial charge is 0.455 e. The van der Waals surface area contributed by atoms with Crippen molar-refractivity contribution >= 4 is 49.8 Å². The van der Waals surface area contributed by atoms with Crippen molar-refractivity contribution in [1.82, 2.24) is 0 Å². The van der Waals surface area contributed by atoms with Crippen LogP contribution in [0.15, 0.2) is 192 Å². The van der Waals surface area contributed by atoms with Crippen molar-refractivity contribution in [2.24, 2.45) is 0 Å². The van der Waals surface area contributed by atoms with Crippen LogP contribution in [-0.4, -0.2) is 0 Å². The summed E-state index contributed by atoms with van der Waals surface area (Å²) in [5, 5.41) is 4.55. The number of rotatable bonds is 6. The SMILES string of the molecule is c1ccc(-c2ccc(-c3c4ccccc4cc4c3oc3cccc(N(c5ccccc5)c5ccc(-c6ccccc6)cc5)c34)cc2)cc1. The molecule has 8 aromatic carbocycles. The van der Waals surface area contributed by atoms with Crippen molar-refractivity contribution < 1.29 is 4.42 Å². The van der Waals surface area contributed by atoms with E-state index < -0.39 is 0 Å². The van der Waals surface area contributed by atoms with Crippen LogP contribution >= 0.6 is 0 Å². The smallest absolute Gasteiger partial charge is 0.143 e. The Bertz CT molecular complexity index is 2520. The lowest BCUT2D eigenvalue weighted by atomic mass is 9.93. The minimum atomic E-state index is 0.863. The lowest BCUT2D eigenvalue weighted by Crippen LogP contribution is -2.10. The minimum Gasteiger partial charge on any atom is -0.455 e. The van der Waals surface area contributed by atoms with E-state index in [1.165, 1.54) is 33.0 Å². The van der Waals surface area contributed by atoms with Gasteiger partial charge >= 0.3 is 0 Å². The number of hydrogen-bond donors (Lipinski definition) is 0. The van der Waals surface area contributed by atoms with Crippen LogP contribution < -0.4 is 4.90 Å².